The van der Waals surface area contributed by atoms with E-state index in [9.17, 15) is 0 Å². The molecule has 0 aromatic carbocycles. The largest absolute Gasteiger partial charge is 0.309 e. The van der Waals surface area contributed by atoms with Crippen LogP contribution in [0.25, 0.3) is 0 Å². The van der Waals surface area contributed by atoms with Crippen LogP contribution < -0.4 is 5.32 Å². The molecule has 0 amide bonds. The normalized spacial score (nSPS) is 10.2. The first kappa shape index (κ1) is 11.0. The van der Waals surface area contributed by atoms with Crippen LogP contribution in [0.3, 0.4) is 0 Å². The molecule has 0 fully saturated rings. The van der Waals surface area contributed by atoms with Crippen molar-refractivity contribution in [3.63, 3.8) is 0 Å². The Morgan fingerprint density at radius 3 is 2.69 bits per heavy atom. The van der Waals surface area contributed by atoms with Gasteiger partial charge in [0, 0.05) is 6.20 Å². The molecule has 5 nitrogen and oxygen atoms in total. The molecule has 2 heterocycles. The van der Waals surface area contributed by atoms with Crippen molar-refractivity contribution >= 4 is 35.0 Å². The number of hydrogen-bond donors (Lipinski definition) is 1. The first-order valence-electron chi connectivity index (χ1n) is 4.40. The van der Waals surface area contributed by atoms with Crippen molar-refractivity contribution in [3.05, 3.63) is 34.5 Å². The number of nitrogens with zero attached hydrogens (tertiary/aromatic N) is 4. The Hall–Kier alpha value is -1.46. The molecular formula is C9H7Cl2N5. The fourth-order valence-corrected chi connectivity index (χ4v) is 1.27. The van der Waals surface area contributed by atoms with Crippen molar-refractivity contribution in [3.8, 4) is 0 Å². The van der Waals surface area contributed by atoms with Crippen molar-refractivity contribution in [2.45, 2.75) is 6.92 Å². The van der Waals surface area contributed by atoms with Crippen LogP contribution >= 0.6 is 23.2 Å². The van der Waals surface area contributed by atoms with E-state index < -0.39 is 0 Å². The van der Waals surface area contributed by atoms with Crippen LogP contribution in [0.4, 0.5) is 11.8 Å². The summed E-state index contributed by atoms with van der Waals surface area (Å²) < 4.78 is 0. The van der Waals surface area contributed by atoms with Crippen molar-refractivity contribution in [1.82, 2.24) is 19.9 Å². The molecule has 0 spiro atoms. The third-order valence-electron chi connectivity index (χ3n) is 1.72. The molecule has 0 radical (unpaired) electrons. The highest BCUT2D eigenvalue weighted by Gasteiger charge is 2.03. The summed E-state index contributed by atoms with van der Waals surface area (Å²) in [5.41, 5.74) is 0. The van der Waals surface area contributed by atoms with Crippen molar-refractivity contribution in [1.29, 1.82) is 0 Å². The average molecular weight is 256 g/mol. The van der Waals surface area contributed by atoms with Crippen LogP contribution in [0.1, 0.15) is 5.82 Å². The van der Waals surface area contributed by atoms with Crippen molar-refractivity contribution in [2.75, 3.05) is 5.32 Å². The predicted molar refractivity (Wildman–Crippen MR) is 62.1 cm³/mol. The van der Waals surface area contributed by atoms with Gasteiger partial charge in [0.15, 0.2) is 5.15 Å². The van der Waals surface area contributed by atoms with E-state index >= 15 is 0 Å². The quantitative estimate of drug-likeness (QED) is 0.836. The number of anilines is 2. The van der Waals surface area contributed by atoms with Crippen LogP contribution in [0.5, 0.6) is 0 Å². The minimum absolute atomic E-state index is 0.199. The zero-order valence-corrected chi connectivity index (χ0v) is 9.79. The fourth-order valence-electron chi connectivity index (χ4n) is 1.05. The molecule has 2 aromatic rings. The summed E-state index contributed by atoms with van der Waals surface area (Å²) >= 11 is 11.5. The van der Waals surface area contributed by atoms with Crippen LogP contribution in [-0.4, -0.2) is 19.9 Å². The molecule has 2 aromatic heterocycles. The maximum atomic E-state index is 5.76. The monoisotopic (exact) mass is 255 g/mol. The number of nitrogens with one attached hydrogen (secondary N) is 1. The number of rotatable bonds is 2. The zero-order valence-electron chi connectivity index (χ0n) is 8.28. The first-order valence-corrected chi connectivity index (χ1v) is 5.15. The van der Waals surface area contributed by atoms with E-state index in [1.165, 1.54) is 6.20 Å². The SMILES string of the molecule is Cc1nccc(Nc2ncc(Cl)c(Cl)n2)n1. The molecule has 0 aliphatic heterocycles. The number of halogens is 2. The van der Waals surface area contributed by atoms with Gasteiger partial charge < -0.3 is 5.32 Å². The summed E-state index contributed by atoms with van der Waals surface area (Å²) in [5, 5.41) is 3.41. The minimum atomic E-state index is 0.199. The summed E-state index contributed by atoms with van der Waals surface area (Å²) in [5.74, 6) is 1.60. The second-order valence-electron chi connectivity index (χ2n) is 2.95. The molecule has 0 aliphatic rings. The second kappa shape index (κ2) is 4.59. The lowest BCUT2D eigenvalue weighted by Gasteiger charge is -2.04. The number of aromatic nitrogens is 4. The average Bonchev–Trinajstić information content (AvgIpc) is 2.24. The molecule has 16 heavy (non-hydrogen) atoms. The third kappa shape index (κ3) is 2.56. The van der Waals surface area contributed by atoms with Crippen LogP contribution in [0.15, 0.2) is 18.5 Å². The van der Waals surface area contributed by atoms with Gasteiger partial charge >= 0.3 is 0 Å². The van der Waals surface area contributed by atoms with E-state index in [4.69, 9.17) is 23.2 Å². The Labute approximate surface area is 102 Å². The van der Waals surface area contributed by atoms with E-state index in [0.717, 1.165) is 0 Å². The van der Waals surface area contributed by atoms with Crippen molar-refractivity contribution in [2.24, 2.45) is 0 Å². The van der Waals surface area contributed by atoms with E-state index in [-0.39, 0.29) is 5.15 Å². The number of hydrogen-bond acceptors (Lipinski definition) is 5. The molecule has 0 bridgehead atoms. The predicted octanol–water partition coefficient (Wildman–Crippen LogP) is 2.63. The van der Waals surface area contributed by atoms with Gasteiger partial charge in [-0.3, -0.25) is 0 Å². The summed E-state index contributed by atoms with van der Waals surface area (Å²) in [7, 11) is 0. The molecule has 0 atom stereocenters. The molecule has 82 valence electrons. The van der Waals surface area contributed by atoms with Gasteiger partial charge in [-0.25, -0.2) is 15.0 Å². The van der Waals surface area contributed by atoms with Gasteiger partial charge in [0.25, 0.3) is 0 Å². The fraction of sp³-hybridized carbons (Fsp3) is 0.111. The topological polar surface area (TPSA) is 63.6 Å². The molecule has 0 saturated carbocycles. The molecule has 1 N–H and O–H groups in total. The molecule has 0 unspecified atom stereocenters. The van der Waals surface area contributed by atoms with Gasteiger partial charge in [-0.15, -0.1) is 0 Å². The third-order valence-corrected chi connectivity index (χ3v) is 2.38. The second-order valence-corrected chi connectivity index (χ2v) is 3.71. The van der Waals surface area contributed by atoms with Gasteiger partial charge in [-0.2, -0.15) is 4.98 Å². The maximum absolute atomic E-state index is 5.76. The number of aryl methyl sites for hydroxylation is 1. The summed E-state index contributed by atoms with van der Waals surface area (Å²) in [4.78, 5) is 16.0. The molecule has 0 aliphatic carbocycles. The lowest BCUT2D eigenvalue weighted by Crippen LogP contribution is -2.00. The van der Waals surface area contributed by atoms with E-state index in [2.05, 4.69) is 25.3 Å². The van der Waals surface area contributed by atoms with E-state index in [1.54, 1.807) is 19.2 Å². The van der Waals surface area contributed by atoms with Gasteiger partial charge in [0.2, 0.25) is 5.95 Å². The Kier molecular flexibility index (Phi) is 3.17. The Morgan fingerprint density at radius 2 is 2.00 bits per heavy atom. The Bertz CT molecular complexity index is 517. The molecular weight excluding hydrogens is 249 g/mol. The lowest BCUT2D eigenvalue weighted by molar-refractivity contribution is 1.05. The Balaban J connectivity index is 2.24. The van der Waals surface area contributed by atoms with Gasteiger partial charge in [-0.1, -0.05) is 23.2 Å². The minimum Gasteiger partial charge on any atom is -0.309 e. The Morgan fingerprint density at radius 1 is 1.19 bits per heavy atom. The smallest absolute Gasteiger partial charge is 0.229 e. The summed E-state index contributed by atoms with van der Waals surface area (Å²) in [6.07, 6.45) is 3.06. The zero-order chi connectivity index (χ0) is 11.5. The highest BCUT2D eigenvalue weighted by molar-refractivity contribution is 6.41. The summed E-state index contributed by atoms with van der Waals surface area (Å²) in [6.45, 7) is 1.79. The van der Waals surface area contributed by atoms with Gasteiger partial charge in [0.1, 0.15) is 11.6 Å². The van der Waals surface area contributed by atoms with E-state index in [1.807, 2.05) is 0 Å². The van der Waals surface area contributed by atoms with Crippen molar-refractivity contribution < 1.29 is 0 Å². The molecule has 7 heteroatoms. The molecule has 2 rings (SSSR count). The first-order chi connectivity index (χ1) is 7.65. The van der Waals surface area contributed by atoms with Gasteiger partial charge in [0.05, 0.1) is 11.2 Å². The standard InChI is InChI=1S/C9H7Cl2N5/c1-5-12-3-2-7(14-5)15-9-13-4-6(10)8(11)16-9/h2-4H,1H3,(H,12,13,14,15,16). The van der Waals surface area contributed by atoms with Crippen LogP contribution in [-0.2, 0) is 0 Å². The highest BCUT2D eigenvalue weighted by atomic mass is 35.5. The van der Waals surface area contributed by atoms with Gasteiger partial charge in [-0.05, 0) is 13.0 Å². The highest BCUT2D eigenvalue weighted by Crippen LogP contribution is 2.20. The van der Waals surface area contributed by atoms with E-state index in [0.29, 0.717) is 22.6 Å². The summed E-state index contributed by atoms with van der Waals surface area (Å²) in [6, 6.07) is 1.71. The van der Waals surface area contributed by atoms with Crippen LogP contribution in [0.2, 0.25) is 10.2 Å². The lowest BCUT2D eigenvalue weighted by atomic mass is 10.5. The maximum Gasteiger partial charge on any atom is 0.229 e. The molecule has 0 saturated heterocycles. The van der Waals surface area contributed by atoms with Crippen LogP contribution in [0, 0.1) is 6.92 Å².